The molecule has 0 aromatic carbocycles. The zero-order valence-electron chi connectivity index (χ0n) is 6.64. The summed E-state index contributed by atoms with van der Waals surface area (Å²) >= 11 is 0. The molecule has 0 spiro atoms. The molecule has 0 aromatic rings. The van der Waals surface area contributed by atoms with Crippen LogP contribution in [0.25, 0.3) is 0 Å². The zero-order chi connectivity index (χ0) is 7.56. The predicted octanol–water partition coefficient (Wildman–Crippen LogP) is 2.77. The Morgan fingerprint density at radius 2 is 1.70 bits per heavy atom. The standard InChI is InChI=1S/C9H12O/c1-4-9-5-7(2)10-8(3)6-9/h4-6H,1-3H3. The summed E-state index contributed by atoms with van der Waals surface area (Å²) in [4.78, 5) is 0. The second kappa shape index (κ2) is 2.74. The Morgan fingerprint density at radius 3 is 2.10 bits per heavy atom. The van der Waals surface area contributed by atoms with Crippen molar-refractivity contribution >= 4 is 0 Å². The van der Waals surface area contributed by atoms with Gasteiger partial charge in [-0.3, -0.25) is 0 Å². The van der Waals surface area contributed by atoms with Crippen molar-refractivity contribution in [2.45, 2.75) is 20.8 Å². The van der Waals surface area contributed by atoms with Crippen LogP contribution >= 0.6 is 0 Å². The minimum Gasteiger partial charge on any atom is -0.467 e. The fourth-order valence-corrected chi connectivity index (χ4v) is 0.991. The Kier molecular flexibility index (Phi) is 1.95. The van der Waals surface area contributed by atoms with E-state index in [-0.39, 0.29) is 0 Å². The summed E-state index contributed by atoms with van der Waals surface area (Å²) in [6.07, 6.45) is 6.11. The van der Waals surface area contributed by atoms with Crippen molar-refractivity contribution in [1.29, 1.82) is 0 Å². The number of hydrogen-bond acceptors (Lipinski definition) is 1. The van der Waals surface area contributed by atoms with Gasteiger partial charge in [-0.15, -0.1) is 0 Å². The Labute approximate surface area is 61.7 Å². The minimum absolute atomic E-state index is 0.966. The van der Waals surface area contributed by atoms with E-state index in [9.17, 15) is 0 Å². The summed E-state index contributed by atoms with van der Waals surface area (Å²) in [6, 6.07) is 0. The topological polar surface area (TPSA) is 9.23 Å². The van der Waals surface area contributed by atoms with Crippen LogP contribution in [0.5, 0.6) is 0 Å². The monoisotopic (exact) mass is 136 g/mol. The predicted molar refractivity (Wildman–Crippen MR) is 42.4 cm³/mol. The van der Waals surface area contributed by atoms with E-state index in [4.69, 9.17) is 4.74 Å². The maximum absolute atomic E-state index is 5.30. The third-order valence-electron chi connectivity index (χ3n) is 1.40. The van der Waals surface area contributed by atoms with E-state index in [1.165, 1.54) is 5.57 Å². The summed E-state index contributed by atoms with van der Waals surface area (Å²) in [6.45, 7) is 5.94. The average molecular weight is 136 g/mol. The molecule has 0 N–H and O–H groups in total. The maximum atomic E-state index is 5.30. The van der Waals surface area contributed by atoms with Crippen LogP contribution in [0, 0.1) is 0 Å². The van der Waals surface area contributed by atoms with Gasteiger partial charge in [0.1, 0.15) is 11.5 Å². The van der Waals surface area contributed by atoms with Gasteiger partial charge in [-0.25, -0.2) is 0 Å². The van der Waals surface area contributed by atoms with Gasteiger partial charge in [-0.05, 0) is 38.5 Å². The van der Waals surface area contributed by atoms with Crippen molar-refractivity contribution in [1.82, 2.24) is 0 Å². The van der Waals surface area contributed by atoms with Gasteiger partial charge >= 0.3 is 0 Å². The molecule has 0 atom stereocenters. The van der Waals surface area contributed by atoms with E-state index in [2.05, 4.69) is 6.08 Å². The second-order valence-electron chi connectivity index (χ2n) is 2.40. The molecule has 0 radical (unpaired) electrons. The van der Waals surface area contributed by atoms with Gasteiger partial charge < -0.3 is 4.74 Å². The van der Waals surface area contributed by atoms with Crippen LogP contribution in [0.2, 0.25) is 0 Å². The van der Waals surface area contributed by atoms with Crippen LogP contribution in [-0.4, -0.2) is 0 Å². The smallest absolute Gasteiger partial charge is 0.101 e. The Balaban J connectivity index is 2.87. The third kappa shape index (κ3) is 1.50. The van der Waals surface area contributed by atoms with Crippen LogP contribution in [0.15, 0.2) is 35.3 Å². The van der Waals surface area contributed by atoms with Gasteiger partial charge in [0, 0.05) is 0 Å². The number of hydrogen-bond donors (Lipinski definition) is 0. The first-order chi connectivity index (χ1) is 4.72. The van der Waals surface area contributed by atoms with Crippen LogP contribution in [0.1, 0.15) is 20.8 Å². The number of rotatable bonds is 0. The van der Waals surface area contributed by atoms with Crippen molar-refractivity contribution in [2.75, 3.05) is 0 Å². The molecular formula is C9H12O. The lowest BCUT2D eigenvalue weighted by molar-refractivity contribution is 0.304. The second-order valence-corrected chi connectivity index (χ2v) is 2.40. The molecule has 1 rings (SSSR count). The van der Waals surface area contributed by atoms with E-state index in [1.54, 1.807) is 0 Å². The zero-order valence-corrected chi connectivity index (χ0v) is 6.64. The maximum Gasteiger partial charge on any atom is 0.101 e. The molecule has 1 heteroatoms. The lowest BCUT2D eigenvalue weighted by atomic mass is 10.2. The molecule has 0 unspecified atom stereocenters. The number of ether oxygens (including phenoxy) is 1. The van der Waals surface area contributed by atoms with Gasteiger partial charge in [0.15, 0.2) is 0 Å². The van der Waals surface area contributed by atoms with Gasteiger partial charge in [-0.1, -0.05) is 6.08 Å². The molecule has 10 heavy (non-hydrogen) atoms. The Bertz CT molecular complexity index is 199. The molecule has 0 aliphatic carbocycles. The van der Waals surface area contributed by atoms with E-state index >= 15 is 0 Å². The van der Waals surface area contributed by atoms with Crippen molar-refractivity contribution in [2.24, 2.45) is 0 Å². The first-order valence-corrected chi connectivity index (χ1v) is 3.43. The molecule has 54 valence electrons. The summed E-state index contributed by atoms with van der Waals surface area (Å²) in [5.41, 5.74) is 1.22. The first kappa shape index (κ1) is 7.13. The summed E-state index contributed by atoms with van der Waals surface area (Å²) in [5, 5.41) is 0. The fourth-order valence-electron chi connectivity index (χ4n) is 0.991. The lowest BCUT2D eigenvalue weighted by Gasteiger charge is -2.11. The fraction of sp³-hybridized carbons (Fsp3) is 0.333. The molecule has 1 nitrogen and oxygen atoms in total. The van der Waals surface area contributed by atoms with Crippen molar-refractivity contribution in [3.63, 3.8) is 0 Å². The van der Waals surface area contributed by atoms with Crippen LogP contribution in [0.3, 0.4) is 0 Å². The largest absolute Gasteiger partial charge is 0.467 e. The third-order valence-corrected chi connectivity index (χ3v) is 1.40. The highest BCUT2D eigenvalue weighted by Gasteiger charge is 2.01. The Hall–Kier alpha value is -0.980. The summed E-state index contributed by atoms with van der Waals surface area (Å²) < 4.78 is 5.30. The highest BCUT2D eigenvalue weighted by Crippen LogP contribution is 2.17. The van der Waals surface area contributed by atoms with E-state index in [0.29, 0.717) is 0 Å². The summed E-state index contributed by atoms with van der Waals surface area (Å²) in [7, 11) is 0. The average Bonchev–Trinajstić information content (AvgIpc) is 1.85. The Morgan fingerprint density at radius 1 is 1.20 bits per heavy atom. The quantitative estimate of drug-likeness (QED) is 0.497. The van der Waals surface area contributed by atoms with Crippen LogP contribution < -0.4 is 0 Å². The highest BCUT2D eigenvalue weighted by molar-refractivity contribution is 5.35. The SMILES string of the molecule is CC=C1C=C(C)OC(C)=C1. The van der Waals surface area contributed by atoms with Gasteiger partial charge in [0.05, 0.1) is 0 Å². The molecule has 0 saturated heterocycles. The van der Waals surface area contributed by atoms with E-state index < -0.39 is 0 Å². The molecule has 1 aliphatic heterocycles. The van der Waals surface area contributed by atoms with E-state index in [0.717, 1.165) is 11.5 Å². The normalized spacial score (nSPS) is 17.3. The van der Waals surface area contributed by atoms with Crippen molar-refractivity contribution in [3.8, 4) is 0 Å². The minimum atomic E-state index is 0.966. The van der Waals surface area contributed by atoms with Gasteiger partial charge in [0.25, 0.3) is 0 Å². The lowest BCUT2D eigenvalue weighted by Crippen LogP contribution is -1.93. The van der Waals surface area contributed by atoms with Gasteiger partial charge in [0.2, 0.25) is 0 Å². The highest BCUT2D eigenvalue weighted by atomic mass is 16.5. The molecule has 0 fully saturated rings. The molecule has 0 amide bonds. The summed E-state index contributed by atoms with van der Waals surface area (Å²) in [5.74, 6) is 1.93. The van der Waals surface area contributed by atoms with E-state index in [1.807, 2.05) is 32.9 Å². The molecule has 1 aliphatic rings. The molecule has 0 bridgehead atoms. The first-order valence-electron chi connectivity index (χ1n) is 3.43. The van der Waals surface area contributed by atoms with Gasteiger partial charge in [-0.2, -0.15) is 0 Å². The molecule has 0 saturated carbocycles. The van der Waals surface area contributed by atoms with Crippen LogP contribution in [0.4, 0.5) is 0 Å². The molecule has 1 heterocycles. The molecular weight excluding hydrogens is 124 g/mol. The molecule has 0 aromatic heterocycles. The van der Waals surface area contributed by atoms with Crippen LogP contribution in [-0.2, 0) is 4.74 Å². The van der Waals surface area contributed by atoms with Crippen molar-refractivity contribution < 1.29 is 4.74 Å². The van der Waals surface area contributed by atoms with Crippen molar-refractivity contribution in [3.05, 3.63) is 35.3 Å². The number of allylic oxidation sites excluding steroid dienone is 6.